The molecule has 0 atom stereocenters. The largest absolute Gasteiger partial charge is 0.398 e. The van der Waals surface area contributed by atoms with Gasteiger partial charge in [-0.15, -0.1) is 0 Å². The standard InChI is InChI=1S/C13H19NO/c1-4-10-5-6-12(14)11(8-10)13(15)7-9(2)3/h5-6,8-9H,4,7,14H2,1-3H3. The summed E-state index contributed by atoms with van der Waals surface area (Å²) in [5, 5.41) is 0. The number of carbonyl (C=O) groups excluding carboxylic acids is 1. The minimum atomic E-state index is 0.151. The van der Waals surface area contributed by atoms with E-state index in [1.54, 1.807) is 0 Å². The van der Waals surface area contributed by atoms with E-state index in [4.69, 9.17) is 5.73 Å². The molecule has 0 bridgehead atoms. The van der Waals surface area contributed by atoms with Gasteiger partial charge in [0, 0.05) is 17.7 Å². The van der Waals surface area contributed by atoms with Gasteiger partial charge in [-0.05, 0) is 30.0 Å². The van der Waals surface area contributed by atoms with Crippen LogP contribution in [0.15, 0.2) is 18.2 Å². The van der Waals surface area contributed by atoms with Crippen molar-refractivity contribution < 1.29 is 4.79 Å². The predicted octanol–water partition coefficient (Wildman–Crippen LogP) is 3.06. The first-order valence-corrected chi connectivity index (χ1v) is 5.46. The van der Waals surface area contributed by atoms with Gasteiger partial charge >= 0.3 is 0 Å². The van der Waals surface area contributed by atoms with Crippen molar-refractivity contribution in [3.63, 3.8) is 0 Å². The van der Waals surface area contributed by atoms with Gasteiger partial charge in [-0.2, -0.15) is 0 Å². The highest BCUT2D eigenvalue weighted by atomic mass is 16.1. The van der Waals surface area contributed by atoms with Crippen LogP contribution in [-0.2, 0) is 6.42 Å². The Labute approximate surface area is 91.5 Å². The number of Topliss-reactive ketones (excluding diaryl/α,β-unsaturated/α-hetero) is 1. The van der Waals surface area contributed by atoms with E-state index in [0.717, 1.165) is 12.0 Å². The number of anilines is 1. The molecule has 0 aromatic heterocycles. The molecule has 0 aliphatic heterocycles. The number of hydrogen-bond donors (Lipinski definition) is 1. The predicted molar refractivity (Wildman–Crippen MR) is 64.0 cm³/mol. The summed E-state index contributed by atoms with van der Waals surface area (Å²) >= 11 is 0. The molecule has 0 saturated heterocycles. The number of ketones is 1. The van der Waals surface area contributed by atoms with E-state index < -0.39 is 0 Å². The van der Waals surface area contributed by atoms with Crippen LogP contribution in [0.4, 0.5) is 5.69 Å². The maximum absolute atomic E-state index is 11.9. The fraction of sp³-hybridized carbons (Fsp3) is 0.462. The second kappa shape index (κ2) is 4.96. The zero-order valence-electron chi connectivity index (χ0n) is 9.71. The molecule has 1 aromatic carbocycles. The van der Waals surface area contributed by atoms with Crippen molar-refractivity contribution in [2.75, 3.05) is 5.73 Å². The van der Waals surface area contributed by atoms with Crippen LogP contribution >= 0.6 is 0 Å². The lowest BCUT2D eigenvalue weighted by atomic mass is 9.98. The molecular weight excluding hydrogens is 186 g/mol. The summed E-state index contributed by atoms with van der Waals surface area (Å²) in [6, 6.07) is 5.72. The second-order valence-electron chi connectivity index (χ2n) is 4.30. The Morgan fingerprint density at radius 2 is 2.07 bits per heavy atom. The van der Waals surface area contributed by atoms with Gasteiger partial charge < -0.3 is 5.73 Å². The summed E-state index contributed by atoms with van der Waals surface area (Å²) in [5.74, 6) is 0.528. The first kappa shape index (κ1) is 11.8. The molecule has 0 aliphatic rings. The van der Waals surface area contributed by atoms with Crippen LogP contribution in [-0.4, -0.2) is 5.78 Å². The van der Waals surface area contributed by atoms with Gasteiger partial charge in [-0.3, -0.25) is 4.79 Å². The van der Waals surface area contributed by atoms with Crippen LogP contribution < -0.4 is 5.73 Å². The van der Waals surface area contributed by atoms with Gasteiger partial charge in [-0.25, -0.2) is 0 Å². The van der Waals surface area contributed by atoms with Crippen LogP contribution in [0.1, 0.15) is 43.1 Å². The lowest BCUT2D eigenvalue weighted by Gasteiger charge is -2.08. The maximum Gasteiger partial charge on any atom is 0.165 e. The van der Waals surface area contributed by atoms with E-state index in [9.17, 15) is 4.79 Å². The van der Waals surface area contributed by atoms with Crippen LogP contribution in [0.2, 0.25) is 0 Å². The number of aryl methyl sites for hydroxylation is 1. The van der Waals surface area contributed by atoms with Gasteiger partial charge in [0.1, 0.15) is 0 Å². The number of hydrogen-bond acceptors (Lipinski definition) is 2. The molecule has 2 heteroatoms. The molecule has 15 heavy (non-hydrogen) atoms. The van der Waals surface area contributed by atoms with E-state index in [1.165, 1.54) is 0 Å². The summed E-state index contributed by atoms with van der Waals surface area (Å²) in [7, 11) is 0. The topological polar surface area (TPSA) is 43.1 Å². The number of nitrogen functional groups attached to an aromatic ring is 1. The van der Waals surface area contributed by atoms with Gasteiger partial charge in [-0.1, -0.05) is 26.8 Å². The van der Waals surface area contributed by atoms with Gasteiger partial charge in [0.25, 0.3) is 0 Å². The lowest BCUT2D eigenvalue weighted by Crippen LogP contribution is -2.07. The Hall–Kier alpha value is -1.31. The Morgan fingerprint density at radius 3 is 2.60 bits per heavy atom. The van der Waals surface area contributed by atoms with Crippen molar-refractivity contribution in [3.05, 3.63) is 29.3 Å². The molecular formula is C13H19NO. The second-order valence-corrected chi connectivity index (χ2v) is 4.30. The molecule has 0 amide bonds. The fourth-order valence-corrected chi connectivity index (χ4v) is 1.55. The van der Waals surface area contributed by atoms with Gasteiger partial charge in [0.05, 0.1) is 0 Å². The third kappa shape index (κ3) is 3.08. The molecule has 1 rings (SSSR count). The number of benzene rings is 1. The summed E-state index contributed by atoms with van der Waals surface area (Å²) in [6.45, 7) is 6.15. The molecule has 2 nitrogen and oxygen atoms in total. The van der Waals surface area contributed by atoms with Crippen LogP contribution in [0.25, 0.3) is 0 Å². The van der Waals surface area contributed by atoms with Gasteiger partial charge in [0.15, 0.2) is 5.78 Å². The molecule has 0 saturated carbocycles. The Morgan fingerprint density at radius 1 is 1.40 bits per heavy atom. The van der Waals surface area contributed by atoms with E-state index in [-0.39, 0.29) is 5.78 Å². The number of rotatable bonds is 4. The SMILES string of the molecule is CCc1ccc(N)c(C(=O)CC(C)C)c1. The maximum atomic E-state index is 11.9. The highest BCUT2D eigenvalue weighted by molar-refractivity contribution is 6.01. The normalized spacial score (nSPS) is 10.7. The fourth-order valence-electron chi connectivity index (χ4n) is 1.55. The minimum absolute atomic E-state index is 0.151. The highest BCUT2D eigenvalue weighted by Crippen LogP contribution is 2.18. The molecule has 0 unspecified atom stereocenters. The van der Waals surface area contributed by atoms with Crippen LogP contribution in [0, 0.1) is 5.92 Å². The van der Waals surface area contributed by atoms with Crippen molar-refractivity contribution >= 4 is 11.5 Å². The molecule has 0 heterocycles. The average Bonchev–Trinajstić information content (AvgIpc) is 2.17. The molecule has 0 aliphatic carbocycles. The Bertz CT molecular complexity index is 356. The minimum Gasteiger partial charge on any atom is -0.398 e. The highest BCUT2D eigenvalue weighted by Gasteiger charge is 2.11. The first-order valence-electron chi connectivity index (χ1n) is 5.46. The van der Waals surface area contributed by atoms with E-state index >= 15 is 0 Å². The summed E-state index contributed by atoms with van der Waals surface area (Å²) in [5.41, 5.74) is 8.24. The third-order valence-corrected chi connectivity index (χ3v) is 2.42. The lowest BCUT2D eigenvalue weighted by molar-refractivity contribution is 0.0968. The first-order chi connectivity index (χ1) is 7.04. The molecule has 2 N–H and O–H groups in total. The molecule has 0 spiro atoms. The summed E-state index contributed by atoms with van der Waals surface area (Å²) in [4.78, 5) is 11.9. The molecule has 1 aromatic rings. The van der Waals surface area contributed by atoms with Crippen molar-refractivity contribution in [1.29, 1.82) is 0 Å². The van der Waals surface area contributed by atoms with E-state index in [0.29, 0.717) is 23.6 Å². The molecule has 82 valence electrons. The van der Waals surface area contributed by atoms with Crippen molar-refractivity contribution in [2.24, 2.45) is 5.92 Å². The number of nitrogens with two attached hydrogens (primary N) is 1. The smallest absolute Gasteiger partial charge is 0.165 e. The third-order valence-electron chi connectivity index (χ3n) is 2.42. The zero-order valence-corrected chi connectivity index (χ0v) is 9.71. The summed E-state index contributed by atoms with van der Waals surface area (Å²) < 4.78 is 0. The van der Waals surface area contributed by atoms with Gasteiger partial charge in [0.2, 0.25) is 0 Å². The Kier molecular flexibility index (Phi) is 3.89. The number of carbonyl (C=O) groups is 1. The zero-order chi connectivity index (χ0) is 11.4. The van der Waals surface area contributed by atoms with Crippen LogP contribution in [0.3, 0.4) is 0 Å². The van der Waals surface area contributed by atoms with Crippen molar-refractivity contribution in [3.8, 4) is 0 Å². The molecule has 0 fully saturated rings. The van der Waals surface area contributed by atoms with E-state index in [1.807, 2.05) is 32.0 Å². The summed E-state index contributed by atoms with van der Waals surface area (Å²) in [6.07, 6.45) is 1.50. The van der Waals surface area contributed by atoms with Crippen LogP contribution in [0.5, 0.6) is 0 Å². The molecule has 0 radical (unpaired) electrons. The van der Waals surface area contributed by atoms with Crippen molar-refractivity contribution in [2.45, 2.75) is 33.6 Å². The van der Waals surface area contributed by atoms with E-state index in [2.05, 4.69) is 6.92 Å². The monoisotopic (exact) mass is 205 g/mol. The quantitative estimate of drug-likeness (QED) is 0.606. The average molecular weight is 205 g/mol. The van der Waals surface area contributed by atoms with Crippen molar-refractivity contribution in [1.82, 2.24) is 0 Å². The Balaban J connectivity index is 2.96.